The molecule has 1 unspecified atom stereocenters. The number of hydrogen-bond acceptors (Lipinski definition) is 4. The molecule has 1 fully saturated rings. The van der Waals surface area contributed by atoms with Crippen LogP contribution >= 0.6 is 39.3 Å². The molecule has 2 aromatic rings. The molecule has 0 radical (unpaired) electrons. The Hall–Kier alpha value is -2.27. The average Bonchev–Trinajstić information content (AvgIpc) is 3.01. The van der Waals surface area contributed by atoms with Gasteiger partial charge in [-0.3, -0.25) is 14.5 Å². The number of carbonyl (C=O) groups excluding carboxylic acids is 2. The van der Waals surface area contributed by atoms with Crippen molar-refractivity contribution in [2.75, 3.05) is 11.9 Å². The van der Waals surface area contributed by atoms with Crippen LogP contribution in [-0.4, -0.2) is 24.1 Å². The summed E-state index contributed by atoms with van der Waals surface area (Å²) >= 11 is 10.8. The topological polar surface area (TPSA) is 73.2 Å². The predicted molar refractivity (Wildman–Crippen MR) is 115 cm³/mol. The molecule has 0 aliphatic carbocycles. The largest absolute Gasteiger partial charge is 0.354 e. The smallest absolute Gasteiger partial charge is 0.264 e. The van der Waals surface area contributed by atoms with Gasteiger partial charge in [-0.25, -0.2) is 0 Å². The molecule has 0 aromatic heterocycles. The first-order chi connectivity index (χ1) is 13.5. The highest BCUT2D eigenvalue weighted by Gasteiger charge is 2.40. The van der Waals surface area contributed by atoms with Crippen LogP contribution in [0.15, 0.2) is 63.6 Å². The number of nitriles is 1. The number of nitrogens with zero attached hydrogens (tertiary/aromatic N) is 2. The van der Waals surface area contributed by atoms with Gasteiger partial charge in [-0.15, -0.1) is 0 Å². The SMILES string of the molecule is CNC(=O)/C(C#N)=C1\SC(Cc2ccccc2Cl)C(=O)N1c1ccc(Br)cc1. The third-order valence-electron chi connectivity index (χ3n) is 4.18. The van der Waals surface area contributed by atoms with Crippen LogP contribution in [0.1, 0.15) is 5.56 Å². The lowest BCUT2D eigenvalue weighted by atomic mass is 10.1. The minimum absolute atomic E-state index is 0.0922. The summed E-state index contributed by atoms with van der Waals surface area (Å²) in [5.74, 6) is -0.725. The van der Waals surface area contributed by atoms with Gasteiger partial charge in [0, 0.05) is 22.2 Å². The van der Waals surface area contributed by atoms with E-state index in [4.69, 9.17) is 11.6 Å². The Morgan fingerprint density at radius 3 is 2.57 bits per heavy atom. The van der Waals surface area contributed by atoms with E-state index >= 15 is 0 Å². The second-order valence-corrected chi connectivity index (χ2v) is 8.44. The van der Waals surface area contributed by atoms with Crippen LogP contribution in [0.2, 0.25) is 5.02 Å². The predicted octanol–water partition coefficient (Wildman–Crippen LogP) is 4.27. The minimum atomic E-state index is -0.529. The zero-order chi connectivity index (χ0) is 20.3. The van der Waals surface area contributed by atoms with Crippen LogP contribution in [-0.2, 0) is 16.0 Å². The van der Waals surface area contributed by atoms with E-state index in [1.807, 2.05) is 24.3 Å². The molecule has 142 valence electrons. The van der Waals surface area contributed by atoms with Crippen molar-refractivity contribution in [3.05, 3.63) is 74.2 Å². The van der Waals surface area contributed by atoms with Crippen molar-refractivity contribution in [3.8, 4) is 6.07 Å². The molecule has 1 heterocycles. The summed E-state index contributed by atoms with van der Waals surface area (Å²) in [5, 5.41) is 12.4. The lowest BCUT2D eigenvalue weighted by Gasteiger charge is -2.18. The Balaban J connectivity index is 2.06. The molecular weight excluding hydrogens is 462 g/mol. The molecular formula is C20H15BrClN3O2S. The number of carbonyl (C=O) groups is 2. The van der Waals surface area contributed by atoms with Gasteiger partial charge >= 0.3 is 0 Å². The monoisotopic (exact) mass is 475 g/mol. The molecule has 0 bridgehead atoms. The van der Waals surface area contributed by atoms with E-state index in [2.05, 4.69) is 21.2 Å². The van der Waals surface area contributed by atoms with Gasteiger partial charge < -0.3 is 5.32 Å². The highest BCUT2D eigenvalue weighted by Crippen LogP contribution is 2.42. The molecule has 2 amide bonds. The summed E-state index contributed by atoms with van der Waals surface area (Å²) in [6, 6.07) is 16.4. The summed E-state index contributed by atoms with van der Waals surface area (Å²) in [4.78, 5) is 26.9. The second kappa shape index (κ2) is 8.82. The molecule has 1 aliphatic heterocycles. The van der Waals surface area contributed by atoms with Crippen molar-refractivity contribution in [3.63, 3.8) is 0 Å². The number of nitrogens with one attached hydrogen (secondary N) is 1. The lowest BCUT2D eigenvalue weighted by molar-refractivity contribution is -0.117. The number of thioether (sulfide) groups is 1. The Morgan fingerprint density at radius 2 is 1.96 bits per heavy atom. The Morgan fingerprint density at radius 1 is 1.29 bits per heavy atom. The van der Waals surface area contributed by atoms with Gasteiger partial charge in [-0.2, -0.15) is 5.26 Å². The molecule has 1 saturated heterocycles. The highest BCUT2D eigenvalue weighted by molar-refractivity contribution is 9.10. The van der Waals surface area contributed by atoms with Gasteiger partial charge in [0.1, 0.15) is 16.7 Å². The fraction of sp³-hybridized carbons (Fsp3) is 0.150. The molecule has 1 atom stereocenters. The fourth-order valence-electron chi connectivity index (χ4n) is 2.80. The van der Waals surface area contributed by atoms with E-state index in [1.165, 1.54) is 23.7 Å². The number of hydrogen-bond donors (Lipinski definition) is 1. The normalized spacial score (nSPS) is 18.0. The molecule has 8 heteroatoms. The van der Waals surface area contributed by atoms with Crippen molar-refractivity contribution in [2.45, 2.75) is 11.7 Å². The summed E-state index contributed by atoms with van der Waals surface area (Å²) in [5.41, 5.74) is 1.34. The van der Waals surface area contributed by atoms with E-state index in [0.717, 1.165) is 10.0 Å². The zero-order valence-electron chi connectivity index (χ0n) is 14.8. The van der Waals surface area contributed by atoms with Gasteiger partial charge in [0.15, 0.2) is 0 Å². The van der Waals surface area contributed by atoms with Gasteiger partial charge in [0.25, 0.3) is 5.91 Å². The van der Waals surface area contributed by atoms with E-state index in [9.17, 15) is 14.9 Å². The first kappa shape index (κ1) is 20.5. The van der Waals surface area contributed by atoms with Crippen LogP contribution in [0.25, 0.3) is 0 Å². The maximum absolute atomic E-state index is 13.2. The average molecular weight is 477 g/mol. The standard InChI is InChI=1S/C20H15BrClN3O2S/c1-24-18(26)15(11-23)20-25(14-8-6-13(21)7-9-14)19(27)17(28-20)10-12-4-2-3-5-16(12)22/h2-9,17H,10H2,1H3,(H,24,26)/b20-15-. The number of amides is 2. The van der Waals surface area contributed by atoms with Crippen LogP contribution in [0, 0.1) is 11.3 Å². The fourth-order valence-corrected chi connectivity index (χ4v) is 4.57. The summed E-state index contributed by atoms with van der Waals surface area (Å²) in [7, 11) is 1.45. The number of halogens is 2. The first-order valence-electron chi connectivity index (χ1n) is 8.32. The number of anilines is 1. The van der Waals surface area contributed by atoms with Gasteiger partial charge in [0.05, 0.1) is 5.25 Å². The van der Waals surface area contributed by atoms with Crippen LogP contribution in [0.3, 0.4) is 0 Å². The molecule has 2 aromatic carbocycles. The molecule has 3 rings (SSSR count). The Bertz CT molecular complexity index is 1000. The maximum atomic E-state index is 13.2. The quantitative estimate of drug-likeness (QED) is 0.528. The van der Waals surface area contributed by atoms with E-state index < -0.39 is 11.2 Å². The highest BCUT2D eigenvalue weighted by atomic mass is 79.9. The molecule has 5 nitrogen and oxygen atoms in total. The van der Waals surface area contributed by atoms with Crippen LogP contribution in [0.5, 0.6) is 0 Å². The number of rotatable bonds is 4. The Kier molecular flexibility index (Phi) is 6.45. The third-order valence-corrected chi connectivity index (χ3v) is 6.34. The van der Waals surface area contributed by atoms with Gasteiger partial charge in [-0.1, -0.05) is 57.5 Å². The Labute approximate surface area is 180 Å². The molecule has 0 spiro atoms. The summed E-state index contributed by atoms with van der Waals surface area (Å²) in [6.07, 6.45) is 0.395. The molecule has 1 aliphatic rings. The molecule has 28 heavy (non-hydrogen) atoms. The summed E-state index contributed by atoms with van der Waals surface area (Å²) in [6.45, 7) is 0. The molecule has 1 N–H and O–H groups in total. The maximum Gasteiger partial charge on any atom is 0.264 e. The number of likely N-dealkylation sites (N-methyl/N-ethyl adjacent to an activating group) is 1. The van der Waals surface area contributed by atoms with Crippen molar-refractivity contribution in [2.24, 2.45) is 0 Å². The zero-order valence-corrected chi connectivity index (χ0v) is 17.9. The van der Waals surface area contributed by atoms with Crippen LogP contribution in [0.4, 0.5) is 5.69 Å². The van der Waals surface area contributed by atoms with Crippen molar-refractivity contribution in [1.29, 1.82) is 5.26 Å². The van der Waals surface area contributed by atoms with Crippen molar-refractivity contribution < 1.29 is 9.59 Å². The lowest BCUT2D eigenvalue weighted by Crippen LogP contribution is -2.31. The van der Waals surface area contributed by atoms with Crippen molar-refractivity contribution in [1.82, 2.24) is 5.32 Å². The second-order valence-electron chi connectivity index (χ2n) is 5.92. The first-order valence-corrected chi connectivity index (χ1v) is 10.4. The van der Waals surface area contributed by atoms with E-state index in [1.54, 1.807) is 30.3 Å². The van der Waals surface area contributed by atoms with Gasteiger partial charge in [-0.05, 0) is 42.3 Å². The van der Waals surface area contributed by atoms with Crippen LogP contribution < -0.4 is 10.2 Å². The van der Waals surface area contributed by atoms with E-state index in [-0.39, 0.29) is 11.5 Å². The minimum Gasteiger partial charge on any atom is -0.354 e. The summed E-state index contributed by atoms with van der Waals surface area (Å²) < 4.78 is 0.862. The van der Waals surface area contributed by atoms with Gasteiger partial charge in [0.2, 0.25) is 5.91 Å². The van der Waals surface area contributed by atoms with Crippen molar-refractivity contribution >= 4 is 56.8 Å². The molecule has 0 saturated carbocycles. The number of benzene rings is 2. The third kappa shape index (κ3) is 4.09. The van der Waals surface area contributed by atoms with E-state index in [0.29, 0.717) is 22.2 Å².